The number of rotatable bonds is 13. The molecule has 0 aliphatic heterocycles. The first kappa shape index (κ1) is 30.0. The first-order valence-corrected chi connectivity index (χ1v) is 9.21. The third kappa shape index (κ3) is 21.3. The number of allylic oxidation sites excluding steroid dienone is 1. The minimum absolute atomic E-state index is 0. The van der Waals surface area contributed by atoms with Crippen LogP contribution in [0.3, 0.4) is 0 Å². The second-order valence-electron chi connectivity index (χ2n) is 7.69. The predicted molar refractivity (Wildman–Crippen MR) is 98.3 cm³/mol. The van der Waals surface area contributed by atoms with E-state index in [2.05, 4.69) is 27.7 Å². The first-order valence-electron chi connectivity index (χ1n) is 9.21. The van der Waals surface area contributed by atoms with Crippen molar-refractivity contribution in [2.75, 3.05) is 0 Å². The van der Waals surface area contributed by atoms with Crippen LogP contribution in [0.25, 0.3) is 0 Å². The van der Waals surface area contributed by atoms with Gasteiger partial charge in [-0.15, -0.1) is 0 Å². The standard InChI is InChI=1S/C20H38O2.2Na.2H/c1-16(2)9-6-10-17(3)11-7-12-18(4)13-8-14-19(5)15-20(21)22;;;;/h15-18H,6-14H2,1-5H3,(H,21,22);;;;/q;2*+1;2*-1/b19-15+;;;;/t17-,18-;;;;/m1..../s1. The van der Waals surface area contributed by atoms with E-state index in [4.69, 9.17) is 5.11 Å². The van der Waals surface area contributed by atoms with Crippen molar-refractivity contribution in [1.29, 1.82) is 0 Å². The zero-order valence-electron chi connectivity index (χ0n) is 19.5. The van der Waals surface area contributed by atoms with Gasteiger partial charge in [-0.2, -0.15) is 0 Å². The Hall–Kier alpha value is 1.21. The van der Waals surface area contributed by atoms with Crippen LogP contribution in [0.5, 0.6) is 0 Å². The van der Waals surface area contributed by atoms with Gasteiger partial charge < -0.3 is 7.96 Å². The summed E-state index contributed by atoms with van der Waals surface area (Å²) in [5, 5.41) is 8.68. The van der Waals surface area contributed by atoms with E-state index in [9.17, 15) is 4.79 Å². The second kappa shape index (κ2) is 19.0. The van der Waals surface area contributed by atoms with E-state index >= 15 is 0 Å². The zero-order valence-corrected chi connectivity index (χ0v) is 21.5. The van der Waals surface area contributed by atoms with Gasteiger partial charge in [0, 0.05) is 6.08 Å². The maximum absolute atomic E-state index is 10.5. The van der Waals surface area contributed by atoms with Crippen molar-refractivity contribution in [2.24, 2.45) is 17.8 Å². The summed E-state index contributed by atoms with van der Waals surface area (Å²) >= 11 is 0. The summed E-state index contributed by atoms with van der Waals surface area (Å²) in [5.74, 6) is 1.65. The van der Waals surface area contributed by atoms with Crippen LogP contribution in [0, 0.1) is 17.8 Å². The normalized spacial score (nSPS) is 13.8. The molecule has 24 heavy (non-hydrogen) atoms. The number of carbonyl (C=O) groups is 1. The Morgan fingerprint density at radius 1 is 0.875 bits per heavy atom. The van der Waals surface area contributed by atoms with Gasteiger partial charge in [0.25, 0.3) is 0 Å². The van der Waals surface area contributed by atoms with Crippen molar-refractivity contribution in [3.63, 3.8) is 0 Å². The second-order valence-corrected chi connectivity index (χ2v) is 7.69. The van der Waals surface area contributed by atoms with Gasteiger partial charge in [0.1, 0.15) is 0 Å². The Morgan fingerprint density at radius 3 is 1.71 bits per heavy atom. The number of carboxylic acids is 1. The van der Waals surface area contributed by atoms with Gasteiger partial charge in [-0.25, -0.2) is 4.79 Å². The smallest absolute Gasteiger partial charge is 1.00 e. The molecule has 0 unspecified atom stereocenters. The third-order valence-corrected chi connectivity index (χ3v) is 4.51. The Bertz CT molecular complexity index is 338. The molecule has 0 rings (SSSR count). The monoisotopic (exact) mass is 358 g/mol. The summed E-state index contributed by atoms with van der Waals surface area (Å²) in [6.45, 7) is 11.3. The Kier molecular flexibility index (Phi) is 23.7. The van der Waals surface area contributed by atoms with Crippen LogP contribution in [-0.4, -0.2) is 11.1 Å². The van der Waals surface area contributed by atoms with Gasteiger partial charge in [-0.1, -0.05) is 78.2 Å². The molecular formula is C20H40Na2O2. The van der Waals surface area contributed by atoms with Gasteiger partial charge in [0.05, 0.1) is 0 Å². The van der Waals surface area contributed by atoms with Crippen LogP contribution in [0.4, 0.5) is 0 Å². The molecule has 0 spiro atoms. The van der Waals surface area contributed by atoms with E-state index in [0.29, 0.717) is 0 Å². The minimum atomic E-state index is -0.822. The molecule has 0 aliphatic rings. The van der Waals surface area contributed by atoms with Crippen LogP contribution in [0.15, 0.2) is 11.6 Å². The molecular weight excluding hydrogens is 318 g/mol. The molecule has 0 amide bonds. The molecule has 2 atom stereocenters. The van der Waals surface area contributed by atoms with Gasteiger partial charge in [-0.05, 0) is 37.5 Å². The minimum Gasteiger partial charge on any atom is -1.00 e. The average molecular weight is 359 g/mol. The van der Waals surface area contributed by atoms with E-state index in [0.717, 1.165) is 36.2 Å². The maximum atomic E-state index is 10.5. The molecule has 0 fully saturated rings. The van der Waals surface area contributed by atoms with Crippen molar-refractivity contribution >= 4 is 5.97 Å². The Balaban J connectivity index is -0.000000367. The molecule has 0 heterocycles. The van der Waals surface area contributed by atoms with E-state index < -0.39 is 5.97 Å². The third-order valence-electron chi connectivity index (χ3n) is 4.51. The first-order chi connectivity index (χ1) is 10.3. The molecule has 2 nitrogen and oxygen atoms in total. The Morgan fingerprint density at radius 2 is 1.29 bits per heavy atom. The number of hydrogen-bond donors (Lipinski definition) is 1. The van der Waals surface area contributed by atoms with Crippen molar-refractivity contribution in [3.8, 4) is 0 Å². The van der Waals surface area contributed by atoms with Crippen molar-refractivity contribution in [2.45, 2.75) is 92.4 Å². The summed E-state index contributed by atoms with van der Waals surface area (Å²) < 4.78 is 0. The summed E-state index contributed by atoms with van der Waals surface area (Å²) in [7, 11) is 0. The van der Waals surface area contributed by atoms with Crippen LogP contribution >= 0.6 is 0 Å². The molecule has 0 saturated carbocycles. The largest absolute Gasteiger partial charge is 1.00 e. The fourth-order valence-corrected chi connectivity index (χ4v) is 2.99. The van der Waals surface area contributed by atoms with Crippen LogP contribution in [0.2, 0.25) is 0 Å². The van der Waals surface area contributed by atoms with E-state index in [1.165, 1.54) is 51.0 Å². The molecule has 134 valence electrons. The average Bonchev–Trinajstić information content (AvgIpc) is 2.37. The van der Waals surface area contributed by atoms with Crippen molar-refractivity contribution in [1.82, 2.24) is 0 Å². The number of carboxylic acid groups (broad SMARTS) is 1. The fourth-order valence-electron chi connectivity index (χ4n) is 2.99. The van der Waals surface area contributed by atoms with E-state index in [1.807, 2.05) is 6.92 Å². The van der Waals surface area contributed by atoms with Crippen molar-refractivity contribution < 1.29 is 71.9 Å². The van der Waals surface area contributed by atoms with Crippen LogP contribution in [-0.2, 0) is 4.79 Å². The van der Waals surface area contributed by atoms with Crippen LogP contribution < -0.4 is 59.1 Å². The number of aliphatic carboxylic acids is 1. The molecule has 4 heteroatoms. The quantitative estimate of drug-likeness (QED) is 0.389. The summed E-state index contributed by atoms with van der Waals surface area (Å²) in [6, 6.07) is 0. The fraction of sp³-hybridized carbons (Fsp3) is 0.850. The summed E-state index contributed by atoms with van der Waals surface area (Å²) in [5.41, 5.74) is 0.985. The molecule has 0 saturated heterocycles. The molecule has 1 N–H and O–H groups in total. The number of hydrogen-bond acceptors (Lipinski definition) is 1. The zero-order chi connectivity index (χ0) is 17.0. The van der Waals surface area contributed by atoms with Gasteiger partial charge in [-0.3, -0.25) is 0 Å². The molecule has 0 bridgehead atoms. The Labute approximate surface area is 198 Å². The van der Waals surface area contributed by atoms with Gasteiger partial charge in [0.15, 0.2) is 0 Å². The molecule has 0 aromatic carbocycles. The molecule has 0 aromatic rings. The molecule has 0 radical (unpaired) electrons. The van der Waals surface area contributed by atoms with Gasteiger partial charge in [0.2, 0.25) is 0 Å². The topological polar surface area (TPSA) is 37.3 Å². The molecule has 0 aliphatic carbocycles. The van der Waals surface area contributed by atoms with E-state index in [-0.39, 0.29) is 62.0 Å². The van der Waals surface area contributed by atoms with Crippen LogP contribution in [0.1, 0.15) is 95.3 Å². The molecule has 0 aromatic heterocycles. The maximum Gasteiger partial charge on any atom is 1.00 e. The van der Waals surface area contributed by atoms with Gasteiger partial charge >= 0.3 is 65.1 Å². The van der Waals surface area contributed by atoms with Crippen molar-refractivity contribution in [3.05, 3.63) is 11.6 Å². The van der Waals surface area contributed by atoms with E-state index in [1.54, 1.807) is 0 Å². The predicted octanol–water partition coefficient (Wildman–Crippen LogP) is 0.689. The summed E-state index contributed by atoms with van der Waals surface area (Å²) in [6.07, 6.45) is 12.7. The SMILES string of the molecule is C/C(=C\C(=O)O)CCC[C@H](C)CCC[C@H](C)CCCC(C)C.[H-].[H-].[Na+].[Na+]. The summed E-state index contributed by atoms with van der Waals surface area (Å²) in [4.78, 5) is 10.5.